The van der Waals surface area contributed by atoms with Crippen molar-refractivity contribution in [3.8, 4) is 0 Å². The van der Waals surface area contributed by atoms with Crippen LogP contribution in [0.4, 0.5) is 0 Å². The largest absolute Gasteiger partial charge is 3.00 e. The molecule has 0 fully saturated rings. The number of rotatable bonds is 6. The molecule has 2 aliphatic rings. The molecule has 3 aromatic rings. The van der Waals surface area contributed by atoms with Crippen molar-refractivity contribution in [2.24, 2.45) is 0 Å². The average molecular weight is 550 g/mol. The van der Waals surface area contributed by atoms with Crippen molar-refractivity contribution in [2.45, 2.75) is 39.0 Å². The maximum atomic E-state index is 3.76. The fourth-order valence-corrected chi connectivity index (χ4v) is 4.73. The van der Waals surface area contributed by atoms with E-state index in [0.717, 1.165) is 19.3 Å². The van der Waals surface area contributed by atoms with Crippen LogP contribution in [0, 0.1) is 10.4 Å². The second-order valence-corrected chi connectivity index (χ2v) is 8.27. The Morgan fingerprint density at radius 1 is 0.879 bits per heavy atom. The molecule has 33 heavy (non-hydrogen) atoms. The van der Waals surface area contributed by atoms with E-state index >= 15 is 0 Å². The van der Waals surface area contributed by atoms with E-state index in [2.05, 4.69) is 98.0 Å². The first-order valence-electron chi connectivity index (χ1n) is 11.1. The molecule has 0 atom stereocenters. The molecule has 2 aliphatic carbocycles. The van der Waals surface area contributed by atoms with Crippen LogP contribution in [-0.4, -0.2) is 0 Å². The van der Waals surface area contributed by atoms with Gasteiger partial charge in [-0.3, -0.25) is 0 Å². The quantitative estimate of drug-likeness (QED) is 0.296. The smallest absolute Gasteiger partial charge is 1.00 e. The van der Waals surface area contributed by atoms with E-state index in [9.17, 15) is 0 Å². The zero-order valence-electron chi connectivity index (χ0n) is 18.9. The molecular weight excluding hydrogens is 522 g/mol. The van der Waals surface area contributed by atoms with Gasteiger partial charge in [-0.05, 0) is 31.2 Å². The molecule has 3 aromatic carbocycles. The summed E-state index contributed by atoms with van der Waals surface area (Å²) in [5, 5.41) is 5.27. The van der Waals surface area contributed by atoms with Gasteiger partial charge in [0.25, 0.3) is 0 Å². The van der Waals surface area contributed by atoms with E-state index in [1.807, 2.05) is 0 Å². The molecule has 0 saturated heterocycles. The van der Waals surface area contributed by atoms with Gasteiger partial charge in [-0.1, -0.05) is 114 Å². The Morgan fingerprint density at radius 3 is 2.36 bits per heavy atom. The Balaban J connectivity index is 0.00000128. The first kappa shape index (κ1) is 27.6. The van der Waals surface area contributed by atoms with Crippen LogP contribution in [0.5, 0.6) is 0 Å². The van der Waals surface area contributed by atoms with E-state index in [4.69, 9.17) is 0 Å². The maximum absolute atomic E-state index is 3.76. The van der Waals surface area contributed by atoms with Crippen LogP contribution in [0.1, 0.15) is 49.3 Å². The maximum Gasteiger partial charge on any atom is 3.00 e. The van der Waals surface area contributed by atoms with Crippen LogP contribution < -0.4 is 35.3 Å². The molecule has 0 bridgehead atoms. The molecule has 0 heterocycles. The van der Waals surface area contributed by atoms with Gasteiger partial charge in [-0.25, -0.2) is 0 Å². The van der Waals surface area contributed by atoms with Gasteiger partial charge in [0.2, 0.25) is 0 Å². The zero-order chi connectivity index (χ0) is 20.3. The first-order chi connectivity index (χ1) is 14.8. The van der Waals surface area contributed by atoms with Gasteiger partial charge < -0.3 is 24.8 Å². The molecule has 0 amide bonds. The van der Waals surface area contributed by atoms with Crippen molar-refractivity contribution in [1.29, 1.82) is 0 Å². The summed E-state index contributed by atoms with van der Waals surface area (Å²) in [4.78, 5) is 0. The minimum absolute atomic E-state index is 0. The number of allylic oxidation sites excluding steroid dienone is 4. The molecule has 0 spiro atoms. The van der Waals surface area contributed by atoms with E-state index in [-0.39, 0.29) is 51.0 Å². The van der Waals surface area contributed by atoms with Crippen molar-refractivity contribution in [1.82, 2.24) is 0 Å². The predicted octanol–water partition coefficient (Wildman–Crippen LogP) is -0.0748. The first-order valence-corrected chi connectivity index (χ1v) is 11.1. The summed E-state index contributed by atoms with van der Waals surface area (Å²) in [5.41, 5.74) is 7.04. The third kappa shape index (κ3) is 5.71. The van der Waals surface area contributed by atoms with Gasteiger partial charge in [-0.2, -0.15) is 0 Å². The number of hydrogen-bond donors (Lipinski definition) is 0. The summed E-state index contributed by atoms with van der Waals surface area (Å²) in [6.45, 7) is 2.28. The standard InChI is InChI=1S/C30H27.2ClH.Zr/c1-2-3-13-24(20-22-11-5-4-6-12-22)27-18-19-28-26-17-10-9-16-25(26)21-29(28)30(27)23-14-7-8-15-23;;;/h4-12,14,16-19H,2-3,13,15,20H2,1H3;2*1H;/q-1;;;+3/p-2. The normalized spacial score (nSPS) is 13.4. The summed E-state index contributed by atoms with van der Waals surface area (Å²) in [7, 11) is 0. The molecule has 0 unspecified atom stereocenters. The van der Waals surface area contributed by atoms with Gasteiger partial charge in [0.15, 0.2) is 0 Å². The van der Waals surface area contributed by atoms with Crippen molar-refractivity contribution in [3.05, 3.63) is 123 Å². The molecule has 0 aliphatic heterocycles. The number of halogens is 2. The van der Waals surface area contributed by atoms with Crippen LogP contribution in [0.15, 0.2) is 85.0 Å². The minimum atomic E-state index is 0. The van der Waals surface area contributed by atoms with Crippen LogP contribution in [0.25, 0.3) is 17.2 Å². The van der Waals surface area contributed by atoms with Gasteiger partial charge in [0.05, 0.1) is 0 Å². The van der Waals surface area contributed by atoms with Crippen molar-refractivity contribution < 1.29 is 51.0 Å². The predicted molar refractivity (Wildman–Crippen MR) is 127 cm³/mol. The number of benzene rings is 3. The molecule has 0 N–H and O–H groups in total. The molecule has 3 heteroatoms. The Kier molecular flexibility index (Phi) is 10.6. The second kappa shape index (κ2) is 12.7. The fourth-order valence-electron chi connectivity index (χ4n) is 4.73. The molecule has 1 radical (unpaired) electrons. The third-order valence-electron chi connectivity index (χ3n) is 6.25. The number of fused-ring (bicyclic) bond motifs is 2. The van der Waals surface area contributed by atoms with E-state index in [1.165, 1.54) is 56.0 Å². The average Bonchev–Trinajstić information content (AvgIpc) is 3.44. The Labute approximate surface area is 228 Å². The van der Waals surface area contributed by atoms with Crippen molar-refractivity contribution in [3.63, 3.8) is 0 Å². The molecule has 165 valence electrons. The van der Waals surface area contributed by atoms with Gasteiger partial charge >= 0.3 is 26.2 Å². The summed E-state index contributed by atoms with van der Waals surface area (Å²) < 4.78 is 0. The van der Waals surface area contributed by atoms with E-state index < -0.39 is 0 Å². The number of unbranched alkanes of at least 4 members (excludes halogenated alkanes) is 1. The van der Waals surface area contributed by atoms with Crippen molar-refractivity contribution >= 4 is 17.2 Å². The van der Waals surface area contributed by atoms with Crippen LogP contribution in [0.2, 0.25) is 0 Å². The summed E-state index contributed by atoms with van der Waals surface area (Å²) in [5.74, 6) is 0. The van der Waals surface area contributed by atoms with Crippen LogP contribution >= 0.6 is 0 Å². The summed E-state index contributed by atoms with van der Waals surface area (Å²) in [6, 6.07) is 24.3. The monoisotopic (exact) mass is 547 g/mol. The van der Waals surface area contributed by atoms with Crippen molar-refractivity contribution in [2.75, 3.05) is 0 Å². The Hall–Kier alpha value is -1.66. The van der Waals surface area contributed by atoms with Crippen LogP contribution in [0.3, 0.4) is 0 Å². The SMILES string of the molecule is CCCCC(Cc1ccccc1)=c1ccc2c(c1C1=CC=CC1)[C-]=c1ccccc1=2.[Cl-].[Cl-].[Zr+3]. The molecule has 5 rings (SSSR count). The van der Waals surface area contributed by atoms with Gasteiger partial charge in [0.1, 0.15) is 0 Å². The topological polar surface area (TPSA) is 0 Å². The zero-order valence-corrected chi connectivity index (χ0v) is 22.8. The van der Waals surface area contributed by atoms with Gasteiger partial charge in [0, 0.05) is 0 Å². The van der Waals surface area contributed by atoms with E-state index in [1.54, 1.807) is 5.57 Å². The number of hydrogen-bond acceptors (Lipinski definition) is 0. The molecule has 0 nitrogen and oxygen atoms in total. The van der Waals surface area contributed by atoms with Gasteiger partial charge in [-0.15, -0.1) is 33.4 Å². The van der Waals surface area contributed by atoms with Crippen LogP contribution in [-0.2, 0) is 32.6 Å². The van der Waals surface area contributed by atoms with E-state index in [0.29, 0.717) is 0 Å². The summed E-state index contributed by atoms with van der Waals surface area (Å²) in [6.07, 6.45) is 16.1. The summed E-state index contributed by atoms with van der Waals surface area (Å²) >= 11 is 0. The minimum Gasteiger partial charge on any atom is -1.00 e. The Bertz CT molecular complexity index is 1370. The molecule has 0 aromatic heterocycles. The Morgan fingerprint density at radius 2 is 1.64 bits per heavy atom. The fraction of sp³-hybridized carbons (Fsp3) is 0.200. The molecule has 0 saturated carbocycles. The molecular formula is C30H27Cl2Zr. The second-order valence-electron chi connectivity index (χ2n) is 8.27. The third-order valence-corrected chi connectivity index (χ3v) is 6.25.